The number of nitrogens with zero attached hydrogens (tertiary/aromatic N) is 4. The van der Waals surface area contributed by atoms with Crippen molar-refractivity contribution in [1.82, 2.24) is 19.3 Å². The standard InChI is InChI=1S/C43H44N4O/c1-7-9-16-39-42(30-18-20-31(21-19-30)43(4,5)6)37(8-2)45-47(39)32-13-12-14-33(27-32)48-34-22-23-36-35-15-10-11-17-38(35)46(40(36)28-34)41-26-29(3)24-25-44-41/h10-15,17-28H,7-9,16H2,1-6H3. The summed E-state index contributed by atoms with van der Waals surface area (Å²) in [4.78, 5) is 4.74. The summed E-state index contributed by atoms with van der Waals surface area (Å²) in [5, 5.41) is 7.58. The number of para-hydroxylation sites is 1. The highest BCUT2D eigenvalue weighted by Gasteiger charge is 2.21. The van der Waals surface area contributed by atoms with E-state index < -0.39 is 0 Å². The van der Waals surface area contributed by atoms with E-state index in [1.54, 1.807) is 0 Å². The Kier molecular flexibility index (Phi) is 8.38. The van der Waals surface area contributed by atoms with Gasteiger partial charge < -0.3 is 4.74 Å². The number of aryl methyl sites for hydroxylation is 2. The third-order valence-corrected chi connectivity index (χ3v) is 9.27. The van der Waals surface area contributed by atoms with E-state index in [0.29, 0.717) is 0 Å². The van der Waals surface area contributed by atoms with Crippen molar-refractivity contribution in [3.05, 3.63) is 132 Å². The van der Waals surface area contributed by atoms with Gasteiger partial charge in [0, 0.05) is 34.7 Å². The van der Waals surface area contributed by atoms with Crippen LogP contribution in [0, 0.1) is 6.92 Å². The van der Waals surface area contributed by atoms with E-state index in [2.05, 4.69) is 142 Å². The molecule has 7 rings (SSSR count). The molecule has 5 nitrogen and oxygen atoms in total. The summed E-state index contributed by atoms with van der Waals surface area (Å²) in [5.74, 6) is 2.44. The second-order valence-corrected chi connectivity index (χ2v) is 13.8. The van der Waals surface area contributed by atoms with Crippen LogP contribution in [-0.4, -0.2) is 19.3 Å². The van der Waals surface area contributed by atoms with Crippen molar-refractivity contribution in [2.45, 2.75) is 72.6 Å². The summed E-state index contributed by atoms with van der Waals surface area (Å²) in [7, 11) is 0. The molecule has 0 bridgehead atoms. The van der Waals surface area contributed by atoms with Crippen LogP contribution >= 0.6 is 0 Å². The molecule has 0 aliphatic rings. The molecule has 0 atom stereocenters. The minimum Gasteiger partial charge on any atom is -0.457 e. The molecular formula is C43H44N4O. The van der Waals surface area contributed by atoms with Gasteiger partial charge in [0.05, 0.1) is 28.1 Å². The van der Waals surface area contributed by atoms with E-state index in [-0.39, 0.29) is 5.41 Å². The van der Waals surface area contributed by atoms with Gasteiger partial charge in [-0.05, 0) is 90.8 Å². The van der Waals surface area contributed by atoms with Gasteiger partial charge in [-0.25, -0.2) is 9.67 Å². The van der Waals surface area contributed by atoms with Gasteiger partial charge >= 0.3 is 0 Å². The van der Waals surface area contributed by atoms with Crippen molar-refractivity contribution in [2.24, 2.45) is 0 Å². The molecule has 5 heteroatoms. The molecule has 7 aromatic rings. The van der Waals surface area contributed by atoms with Crippen LogP contribution in [0.5, 0.6) is 11.5 Å². The summed E-state index contributed by atoms with van der Waals surface area (Å²) in [6.07, 6.45) is 5.91. The van der Waals surface area contributed by atoms with Crippen molar-refractivity contribution in [3.8, 4) is 34.1 Å². The fraction of sp³-hybridized carbons (Fsp3) is 0.256. The van der Waals surface area contributed by atoms with E-state index in [0.717, 1.165) is 65.4 Å². The highest BCUT2D eigenvalue weighted by atomic mass is 16.5. The Labute approximate surface area is 283 Å². The van der Waals surface area contributed by atoms with Crippen LogP contribution in [0.15, 0.2) is 109 Å². The summed E-state index contributed by atoms with van der Waals surface area (Å²) in [6, 6.07) is 36.4. The molecule has 48 heavy (non-hydrogen) atoms. The molecule has 0 aliphatic carbocycles. The molecule has 0 spiro atoms. The smallest absolute Gasteiger partial charge is 0.137 e. The Hall–Kier alpha value is -5.16. The van der Waals surface area contributed by atoms with Gasteiger partial charge in [-0.1, -0.05) is 89.6 Å². The minimum atomic E-state index is 0.111. The van der Waals surface area contributed by atoms with Gasteiger partial charge in [-0.2, -0.15) is 5.10 Å². The normalized spacial score (nSPS) is 11.9. The monoisotopic (exact) mass is 632 g/mol. The number of benzene rings is 4. The lowest BCUT2D eigenvalue weighted by Gasteiger charge is -2.19. The highest BCUT2D eigenvalue weighted by Crippen LogP contribution is 2.37. The molecular weight excluding hydrogens is 589 g/mol. The summed E-state index contributed by atoms with van der Waals surface area (Å²) in [5.41, 5.74) is 10.7. The largest absolute Gasteiger partial charge is 0.457 e. The first-order valence-electron chi connectivity index (χ1n) is 17.2. The van der Waals surface area contributed by atoms with E-state index in [4.69, 9.17) is 14.8 Å². The number of hydrogen-bond acceptors (Lipinski definition) is 3. The van der Waals surface area contributed by atoms with Crippen molar-refractivity contribution >= 4 is 21.8 Å². The van der Waals surface area contributed by atoms with Crippen LogP contribution in [0.1, 0.15) is 70.0 Å². The number of rotatable bonds is 9. The molecule has 0 saturated heterocycles. The maximum absolute atomic E-state index is 6.60. The SMILES string of the molecule is CCCCc1c(-c2ccc(C(C)(C)C)cc2)c(CC)nn1-c1cccc(Oc2ccc3c4ccccc4n(-c4cc(C)ccn4)c3c2)c1. The maximum atomic E-state index is 6.60. The third-order valence-electron chi connectivity index (χ3n) is 9.27. The zero-order valence-electron chi connectivity index (χ0n) is 28.9. The molecule has 0 N–H and O–H groups in total. The third kappa shape index (κ3) is 5.90. The summed E-state index contributed by atoms with van der Waals surface area (Å²) >= 11 is 0. The van der Waals surface area contributed by atoms with Crippen molar-refractivity contribution in [1.29, 1.82) is 0 Å². The zero-order valence-corrected chi connectivity index (χ0v) is 28.9. The lowest BCUT2D eigenvalue weighted by Crippen LogP contribution is -2.10. The number of hydrogen-bond donors (Lipinski definition) is 0. The van der Waals surface area contributed by atoms with Gasteiger partial charge in [0.25, 0.3) is 0 Å². The quantitative estimate of drug-likeness (QED) is 0.159. The molecule has 0 radical (unpaired) electrons. The van der Waals surface area contributed by atoms with Crippen LogP contribution < -0.4 is 4.74 Å². The fourth-order valence-corrected chi connectivity index (χ4v) is 6.73. The summed E-state index contributed by atoms with van der Waals surface area (Å²) in [6.45, 7) is 13.3. The van der Waals surface area contributed by atoms with E-state index in [1.165, 1.54) is 38.7 Å². The Bertz CT molecular complexity index is 2230. The lowest BCUT2D eigenvalue weighted by atomic mass is 9.86. The Morgan fingerprint density at radius 3 is 2.27 bits per heavy atom. The Balaban J connectivity index is 1.28. The average molecular weight is 633 g/mol. The van der Waals surface area contributed by atoms with Crippen molar-refractivity contribution in [2.75, 3.05) is 0 Å². The molecule has 0 saturated carbocycles. The van der Waals surface area contributed by atoms with Gasteiger partial charge in [0.1, 0.15) is 17.3 Å². The second kappa shape index (κ2) is 12.8. The Morgan fingerprint density at radius 2 is 1.52 bits per heavy atom. The molecule has 0 aliphatic heterocycles. The first kappa shape index (κ1) is 31.4. The van der Waals surface area contributed by atoms with Crippen LogP contribution in [0.25, 0.3) is 44.4 Å². The van der Waals surface area contributed by atoms with Crippen molar-refractivity contribution in [3.63, 3.8) is 0 Å². The molecule has 0 fully saturated rings. The number of fused-ring (bicyclic) bond motifs is 3. The minimum absolute atomic E-state index is 0.111. The van der Waals surface area contributed by atoms with Gasteiger partial charge in [0.15, 0.2) is 0 Å². The molecule has 0 amide bonds. The van der Waals surface area contributed by atoms with E-state index in [1.807, 2.05) is 18.3 Å². The van der Waals surface area contributed by atoms with Crippen LogP contribution in [-0.2, 0) is 18.3 Å². The Morgan fingerprint density at radius 1 is 0.750 bits per heavy atom. The fourth-order valence-electron chi connectivity index (χ4n) is 6.73. The number of aromatic nitrogens is 4. The predicted octanol–water partition coefficient (Wildman–Crippen LogP) is 11.3. The number of ether oxygens (including phenoxy) is 1. The second-order valence-electron chi connectivity index (χ2n) is 13.8. The zero-order chi connectivity index (χ0) is 33.4. The topological polar surface area (TPSA) is 44.9 Å². The first-order chi connectivity index (χ1) is 23.2. The highest BCUT2D eigenvalue weighted by molar-refractivity contribution is 6.09. The first-order valence-corrected chi connectivity index (χ1v) is 17.2. The number of unbranched alkanes of at least 4 members (excludes halogenated alkanes) is 1. The molecule has 3 heterocycles. The maximum Gasteiger partial charge on any atom is 0.137 e. The van der Waals surface area contributed by atoms with Gasteiger partial charge in [-0.3, -0.25) is 4.57 Å². The van der Waals surface area contributed by atoms with E-state index in [9.17, 15) is 0 Å². The molecule has 0 unspecified atom stereocenters. The van der Waals surface area contributed by atoms with Gasteiger partial charge in [-0.15, -0.1) is 0 Å². The lowest BCUT2D eigenvalue weighted by molar-refractivity contribution is 0.482. The average Bonchev–Trinajstić information content (AvgIpc) is 3.62. The predicted molar refractivity (Wildman–Crippen MR) is 199 cm³/mol. The number of pyridine rings is 1. The molecule has 4 aromatic carbocycles. The molecule has 242 valence electrons. The van der Waals surface area contributed by atoms with Crippen LogP contribution in [0.2, 0.25) is 0 Å². The van der Waals surface area contributed by atoms with E-state index >= 15 is 0 Å². The van der Waals surface area contributed by atoms with Crippen LogP contribution in [0.4, 0.5) is 0 Å². The van der Waals surface area contributed by atoms with Crippen molar-refractivity contribution < 1.29 is 4.74 Å². The molecule has 3 aromatic heterocycles. The van der Waals surface area contributed by atoms with Gasteiger partial charge in [0.2, 0.25) is 0 Å². The van der Waals surface area contributed by atoms with Crippen LogP contribution in [0.3, 0.4) is 0 Å². The summed E-state index contributed by atoms with van der Waals surface area (Å²) < 4.78 is 11.0.